The molecule has 2 heterocycles. The molecule has 2 aliphatic heterocycles. The molecule has 6 rings (SSSR count). The Hall–Kier alpha value is 0.130. The zero-order chi connectivity index (χ0) is 21.7. The summed E-state index contributed by atoms with van der Waals surface area (Å²) < 4.78 is 0. The van der Waals surface area contributed by atoms with Gasteiger partial charge >= 0.3 is 0 Å². The highest BCUT2D eigenvalue weighted by Gasteiger charge is 2.64. The van der Waals surface area contributed by atoms with Crippen LogP contribution in [-0.4, -0.2) is 57.2 Å². The molecule has 0 unspecified atom stereocenters. The highest BCUT2D eigenvalue weighted by atomic mass is 35.5. The number of hydrogen-bond donors (Lipinski definition) is 3. The van der Waals surface area contributed by atoms with Crippen LogP contribution in [-0.2, 0) is 0 Å². The fourth-order valence-corrected chi connectivity index (χ4v) is 10.6. The van der Waals surface area contributed by atoms with Crippen molar-refractivity contribution in [3.63, 3.8) is 0 Å². The van der Waals surface area contributed by atoms with Crippen molar-refractivity contribution in [2.75, 3.05) is 13.1 Å². The third-order valence-electron chi connectivity index (χ3n) is 12.0. The molecular weight excluding hydrogens is 422 g/mol. The van der Waals surface area contributed by atoms with Crippen molar-refractivity contribution in [2.45, 2.75) is 102 Å². The Morgan fingerprint density at radius 2 is 1.53 bits per heavy atom. The molecule has 184 valence electrons. The van der Waals surface area contributed by atoms with Gasteiger partial charge in [-0.3, -0.25) is 4.90 Å². The average Bonchev–Trinajstić information content (AvgIpc) is 3.09. The van der Waals surface area contributed by atoms with Gasteiger partial charge in [0.15, 0.2) is 0 Å². The van der Waals surface area contributed by atoms with E-state index >= 15 is 0 Å². The molecule has 5 heteroatoms. The molecule has 0 aromatic carbocycles. The van der Waals surface area contributed by atoms with Gasteiger partial charge in [-0.25, -0.2) is 0 Å². The lowest BCUT2D eigenvalue weighted by atomic mass is 9.51. The van der Waals surface area contributed by atoms with E-state index in [0.29, 0.717) is 35.6 Å². The van der Waals surface area contributed by atoms with Gasteiger partial charge in [0.2, 0.25) is 0 Å². The van der Waals surface area contributed by atoms with E-state index in [1.54, 1.807) is 0 Å². The molecule has 3 N–H and O–H groups in total. The van der Waals surface area contributed by atoms with Gasteiger partial charge in [0, 0.05) is 19.1 Å². The zero-order valence-electron chi connectivity index (χ0n) is 20.3. The first-order chi connectivity index (χ1) is 14.7. The summed E-state index contributed by atoms with van der Waals surface area (Å²) in [5.74, 6) is 4.89. The van der Waals surface area contributed by atoms with Crippen LogP contribution in [0, 0.1) is 52.8 Å². The Bertz CT molecular complexity index is 717. The standard InChI is InChI=1S/C27H45NO3.ClH/c1-15-4-7-25-27(3,31)21-6-5-17-18(20(21)14-28(25)13-15)11-22-19(17)12-24(30)23-10-16(29)8-9-26(22,23)2;/h15-25,29-31H,4-14H2,1-3H3;1H/t15-,16-,17+,18+,19-,20-,21-,22-,23+,24-,25-,26+,27-;/m0./s1. The smallest absolute Gasteiger partial charge is 0.0805 e. The maximum Gasteiger partial charge on any atom is 0.0805 e. The molecule has 4 nitrogen and oxygen atoms in total. The number of rotatable bonds is 0. The summed E-state index contributed by atoms with van der Waals surface area (Å²) in [4.78, 5) is 2.68. The molecule has 0 spiro atoms. The van der Waals surface area contributed by atoms with Gasteiger partial charge < -0.3 is 15.3 Å². The Balaban J connectivity index is 0.00000216. The van der Waals surface area contributed by atoms with Crippen molar-refractivity contribution >= 4 is 12.4 Å². The van der Waals surface area contributed by atoms with Crippen molar-refractivity contribution < 1.29 is 15.3 Å². The maximum absolute atomic E-state index is 11.8. The maximum atomic E-state index is 11.8. The molecular formula is C27H46ClNO3. The van der Waals surface area contributed by atoms with Crippen LogP contribution in [0.25, 0.3) is 0 Å². The Morgan fingerprint density at radius 1 is 0.750 bits per heavy atom. The van der Waals surface area contributed by atoms with Crippen LogP contribution in [0.5, 0.6) is 0 Å². The molecule has 0 amide bonds. The van der Waals surface area contributed by atoms with Crippen LogP contribution < -0.4 is 0 Å². The van der Waals surface area contributed by atoms with E-state index in [1.165, 1.54) is 32.2 Å². The number of nitrogens with zero attached hydrogens (tertiary/aromatic N) is 1. The normalized spacial score (nSPS) is 59.6. The van der Waals surface area contributed by atoms with Gasteiger partial charge in [-0.05, 0) is 117 Å². The summed E-state index contributed by atoms with van der Waals surface area (Å²) in [7, 11) is 0. The van der Waals surface area contributed by atoms with E-state index in [0.717, 1.165) is 50.5 Å². The minimum Gasteiger partial charge on any atom is -0.393 e. The summed E-state index contributed by atoms with van der Waals surface area (Å²) in [5.41, 5.74) is -0.365. The summed E-state index contributed by atoms with van der Waals surface area (Å²) in [6.45, 7) is 9.36. The number of piperidine rings is 2. The van der Waals surface area contributed by atoms with Gasteiger partial charge in [-0.2, -0.15) is 0 Å². The summed E-state index contributed by atoms with van der Waals surface area (Å²) in [6, 6.07) is 0.355. The van der Waals surface area contributed by atoms with Crippen LogP contribution in [0.4, 0.5) is 0 Å². The van der Waals surface area contributed by atoms with E-state index < -0.39 is 5.60 Å². The molecule has 4 saturated carbocycles. The second kappa shape index (κ2) is 8.08. The first kappa shape index (κ1) is 23.9. The van der Waals surface area contributed by atoms with Crippen molar-refractivity contribution in [1.82, 2.24) is 4.90 Å². The lowest BCUT2D eigenvalue weighted by molar-refractivity contribution is -0.176. The second-order valence-corrected chi connectivity index (χ2v) is 13.4. The Kier molecular flexibility index (Phi) is 6.02. The van der Waals surface area contributed by atoms with E-state index in [4.69, 9.17) is 0 Å². The predicted octanol–water partition coefficient (Wildman–Crippen LogP) is 4.10. The van der Waals surface area contributed by atoms with Crippen LogP contribution in [0.3, 0.4) is 0 Å². The van der Waals surface area contributed by atoms with Crippen molar-refractivity contribution in [2.24, 2.45) is 52.8 Å². The van der Waals surface area contributed by atoms with Crippen LogP contribution >= 0.6 is 12.4 Å². The summed E-state index contributed by atoms with van der Waals surface area (Å²) in [5, 5.41) is 33.3. The molecule has 0 aromatic rings. The van der Waals surface area contributed by atoms with Crippen molar-refractivity contribution in [3.05, 3.63) is 0 Å². The SMILES string of the molecule is C[C@H]1CC[C@@H]2N(C1)C[C@H]1[C@@H]3C[C@H]4[C@@H](C[C@H](O)[C@H]5C[C@@H](O)CC[C@@]54C)[C@@H]3CC[C@@H]1[C@]2(C)O.Cl. The fraction of sp³-hybridized carbons (Fsp3) is 1.00. The number of hydrogen-bond acceptors (Lipinski definition) is 4. The zero-order valence-corrected chi connectivity index (χ0v) is 21.1. The topological polar surface area (TPSA) is 63.9 Å². The van der Waals surface area contributed by atoms with Crippen molar-refractivity contribution in [1.29, 1.82) is 0 Å². The molecule has 0 aromatic heterocycles. The van der Waals surface area contributed by atoms with Gasteiger partial charge in [0.1, 0.15) is 0 Å². The van der Waals surface area contributed by atoms with Crippen LogP contribution in [0.2, 0.25) is 0 Å². The molecule has 4 aliphatic carbocycles. The molecule has 32 heavy (non-hydrogen) atoms. The molecule has 6 fully saturated rings. The Morgan fingerprint density at radius 3 is 2.31 bits per heavy atom. The lowest BCUT2D eigenvalue weighted by Crippen LogP contribution is -2.67. The quantitative estimate of drug-likeness (QED) is 0.501. The average molecular weight is 468 g/mol. The van der Waals surface area contributed by atoms with E-state index in [-0.39, 0.29) is 35.9 Å². The third-order valence-corrected chi connectivity index (χ3v) is 12.0. The van der Waals surface area contributed by atoms with E-state index in [9.17, 15) is 15.3 Å². The predicted molar refractivity (Wildman–Crippen MR) is 129 cm³/mol. The summed E-state index contributed by atoms with van der Waals surface area (Å²) in [6.07, 6.45) is 9.43. The number of fused-ring (bicyclic) bond motifs is 8. The Labute approximate surface area is 200 Å². The van der Waals surface area contributed by atoms with Gasteiger partial charge in [-0.1, -0.05) is 13.8 Å². The molecule has 13 atom stereocenters. The van der Waals surface area contributed by atoms with Gasteiger partial charge in [-0.15, -0.1) is 12.4 Å². The monoisotopic (exact) mass is 467 g/mol. The molecule has 0 bridgehead atoms. The molecule has 0 radical (unpaired) electrons. The third kappa shape index (κ3) is 3.29. The number of aliphatic hydroxyl groups excluding tert-OH is 2. The van der Waals surface area contributed by atoms with Gasteiger partial charge in [0.25, 0.3) is 0 Å². The number of halogens is 1. The first-order valence-corrected chi connectivity index (χ1v) is 13.5. The largest absolute Gasteiger partial charge is 0.393 e. The second-order valence-electron chi connectivity index (χ2n) is 13.4. The minimum absolute atomic E-state index is 0. The fourth-order valence-electron chi connectivity index (χ4n) is 10.6. The lowest BCUT2D eigenvalue weighted by Gasteiger charge is -2.60. The highest BCUT2D eigenvalue weighted by Crippen LogP contribution is 2.67. The highest BCUT2D eigenvalue weighted by molar-refractivity contribution is 5.85. The molecule has 2 saturated heterocycles. The van der Waals surface area contributed by atoms with Gasteiger partial charge in [0.05, 0.1) is 17.8 Å². The summed E-state index contributed by atoms with van der Waals surface area (Å²) >= 11 is 0. The first-order valence-electron chi connectivity index (χ1n) is 13.5. The van der Waals surface area contributed by atoms with Crippen LogP contribution in [0.15, 0.2) is 0 Å². The van der Waals surface area contributed by atoms with E-state index in [2.05, 4.69) is 25.7 Å². The minimum atomic E-state index is -0.553. The van der Waals surface area contributed by atoms with Crippen molar-refractivity contribution in [3.8, 4) is 0 Å². The number of aliphatic hydroxyl groups is 3. The van der Waals surface area contributed by atoms with E-state index in [1.807, 2.05) is 0 Å². The molecule has 6 aliphatic rings. The van der Waals surface area contributed by atoms with Crippen LogP contribution in [0.1, 0.15) is 78.6 Å².